The zero-order valence-electron chi connectivity index (χ0n) is 10.7. The predicted octanol–water partition coefficient (Wildman–Crippen LogP) is 3.57. The molecule has 1 aliphatic rings. The lowest BCUT2D eigenvalue weighted by Crippen LogP contribution is -1.95. The molecule has 2 aromatic rings. The molecule has 19 heavy (non-hydrogen) atoms. The molecule has 0 radical (unpaired) electrons. The van der Waals surface area contributed by atoms with Crippen molar-refractivity contribution in [2.24, 2.45) is 5.92 Å². The molecule has 1 aliphatic carbocycles. The summed E-state index contributed by atoms with van der Waals surface area (Å²) in [6.45, 7) is 0.584. The van der Waals surface area contributed by atoms with Crippen LogP contribution in [-0.2, 0) is 11.4 Å². The minimum absolute atomic E-state index is 0.232. The lowest BCUT2D eigenvalue weighted by molar-refractivity contribution is -0.108. The molecule has 0 N–H and O–H groups in total. The molecular formula is C17H16O2. The molecule has 1 fully saturated rings. The SMILES string of the molecule is O=CC1CC1c1ccc(OCc2ccccc2)cc1. The Hall–Kier alpha value is -2.09. The van der Waals surface area contributed by atoms with Crippen LogP contribution in [0.5, 0.6) is 5.75 Å². The molecule has 0 heterocycles. The predicted molar refractivity (Wildman–Crippen MR) is 74.1 cm³/mol. The molecule has 2 unspecified atom stereocenters. The number of benzene rings is 2. The van der Waals surface area contributed by atoms with Crippen LogP contribution in [0.15, 0.2) is 54.6 Å². The quantitative estimate of drug-likeness (QED) is 0.760. The number of carbonyl (C=O) groups excluding carboxylic acids is 1. The first-order valence-corrected chi connectivity index (χ1v) is 6.59. The third-order valence-corrected chi connectivity index (χ3v) is 3.57. The van der Waals surface area contributed by atoms with Gasteiger partial charge in [-0.3, -0.25) is 0 Å². The lowest BCUT2D eigenvalue weighted by atomic mass is 10.1. The molecule has 3 rings (SSSR count). The summed E-state index contributed by atoms with van der Waals surface area (Å²) in [6.07, 6.45) is 2.05. The van der Waals surface area contributed by atoms with Crippen molar-refractivity contribution in [3.8, 4) is 5.75 Å². The monoisotopic (exact) mass is 252 g/mol. The van der Waals surface area contributed by atoms with Crippen molar-refractivity contribution in [3.05, 3.63) is 65.7 Å². The second-order valence-electron chi connectivity index (χ2n) is 4.99. The summed E-state index contributed by atoms with van der Waals surface area (Å²) in [6, 6.07) is 18.2. The van der Waals surface area contributed by atoms with Gasteiger partial charge in [-0.25, -0.2) is 0 Å². The average Bonchev–Trinajstić information content (AvgIpc) is 3.26. The Kier molecular flexibility index (Phi) is 3.32. The molecule has 2 nitrogen and oxygen atoms in total. The summed E-state index contributed by atoms with van der Waals surface area (Å²) in [5.74, 6) is 1.53. The van der Waals surface area contributed by atoms with E-state index in [1.807, 2.05) is 42.5 Å². The van der Waals surface area contributed by atoms with E-state index >= 15 is 0 Å². The summed E-state index contributed by atoms with van der Waals surface area (Å²) in [7, 11) is 0. The molecule has 0 bridgehead atoms. The second kappa shape index (κ2) is 5.27. The van der Waals surface area contributed by atoms with Crippen LogP contribution in [0.25, 0.3) is 0 Å². The van der Waals surface area contributed by atoms with Gasteiger partial charge in [-0.05, 0) is 35.6 Å². The molecule has 0 aromatic heterocycles. The van der Waals surface area contributed by atoms with Gasteiger partial charge in [0, 0.05) is 5.92 Å². The van der Waals surface area contributed by atoms with E-state index < -0.39 is 0 Å². The number of hydrogen-bond acceptors (Lipinski definition) is 2. The maximum Gasteiger partial charge on any atom is 0.123 e. The van der Waals surface area contributed by atoms with Crippen molar-refractivity contribution in [1.82, 2.24) is 0 Å². The smallest absolute Gasteiger partial charge is 0.123 e. The van der Waals surface area contributed by atoms with Crippen molar-refractivity contribution in [2.45, 2.75) is 18.9 Å². The van der Waals surface area contributed by atoms with Crippen LogP contribution in [0.3, 0.4) is 0 Å². The van der Waals surface area contributed by atoms with E-state index in [1.54, 1.807) is 0 Å². The Bertz CT molecular complexity index is 545. The summed E-state index contributed by atoms with van der Waals surface area (Å²) in [5, 5.41) is 0. The van der Waals surface area contributed by atoms with Crippen LogP contribution < -0.4 is 4.74 Å². The second-order valence-corrected chi connectivity index (χ2v) is 4.99. The Balaban J connectivity index is 1.59. The molecule has 0 spiro atoms. The molecule has 2 heteroatoms. The van der Waals surface area contributed by atoms with Crippen LogP contribution >= 0.6 is 0 Å². The maximum absolute atomic E-state index is 10.7. The van der Waals surface area contributed by atoms with E-state index in [4.69, 9.17) is 4.74 Å². The van der Waals surface area contributed by atoms with E-state index in [-0.39, 0.29) is 5.92 Å². The van der Waals surface area contributed by atoms with E-state index in [2.05, 4.69) is 12.1 Å². The highest BCUT2D eigenvalue weighted by Gasteiger charge is 2.37. The summed E-state index contributed by atoms with van der Waals surface area (Å²) >= 11 is 0. The largest absolute Gasteiger partial charge is 0.489 e. The molecular weight excluding hydrogens is 236 g/mol. The van der Waals surface area contributed by atoms with E-state index in [0.717, 1.165) is 24.0 Å². The summed E-state index contributed by atoms with van der Waals surface area (Å²) in [5.41, 5.74) is 2.40. The molecule has 0 amide bonds. The van der Waals surface area contributed by atoms with Gasteiger partial charge in [0.25, 0.3) is 0 Å². The van der Waals surface area contributed by atoms with Crippen molar-refractivity contribution >= 4 is 6.29 Å². The topological polar surface area (TPSA) is 26.3 Å². The zero-order valence-corrected chi connectivity index (χ0v) is 10.7. The molecule has 96 valence electrons. The Morgan fingerprint density at radius 1 is 1.05 bits per heavy atom. The highest BCUT2D eigenvalue weighted by Crippen LogP contribution is 2.46. The minimum atomic E-state index is 0.232. The number of hydrogen-bond donors (Lipinski definition) is 0. The van der Waals surface area contributed by atoms with Crippen molar-refractivity contribution in [1.29, 1.82) is 0 Å². The van der Waals surface area contributed by atoms with Gasteiger partial charge in [0.2, 0.25) is 0 Å². The first kappa shape index (κ1) is 12.0. The fraction of sp³-hybridized carbons (Fsp3) is 0.235. The van der Waals surface area contributed by atoms with Crippen molar-refractivity contribution < 1.29 is 9.53 Å². The number of ether oxygens (including phenoxy) is 1. The van der Waals surface area contributed by atoms with Gasteiger partial charge in [0.15, 0.2) is 0 Å². The van der Waals surface area contributed by atoms with Gasteiger partial charge >= 0.3 is 0 Å². The maximum atomic E-state index is 10.7. The van der Waals surface area contributed by atoms with Gasteiger partial charge in [0.1, 0.15) is 18.6 Å². The highest BCUT2D eigenvalue weighted by atomic mass is 16.5. The van der Waals surface area contributed by atoms with Crippen molar-refractivity contribution in [3.63, 3.8) is 0 Å². The third-order valence-electron chi connectivity index (χ3n) is 3.57. The zero-order chi connectivity index (χ0) is 13.1. The third kappa shape index (κ3) is 2.84. The molecule has 1 saturated carbocycles. The van der Waals surface area contributed by atoms with E-state index in [1.165, 1.54) is 5.56 Å². The average molecular weight is 252 g/mol. The van der Waals surface area contributed by atoms with Gasteiger partial charge < -0.3 is 9.53 Å². The van der Waals surface area contributed by atoms with Gasteiger partial charge in [-0.2, -0.15) is 0 Å². The van der Waals surface area contributed by atoms with Crippen LogP contribution in [0, 0.1) is 5.92 Å². The summed E-state index contributed by atoms with van der Waals surface area (Å²) < 4.78 is 5.73. The van der Waals surface area contributed by atoms with Gasteiger partial charge in [-0.15, -0.1) is 0 Å². The van der Waals surface area contributed by atoms with Crippen molar-refractivity contribution in [2.75, 3.05) is 0 Å². The van der Waals surface area contributed by atoms with Gasteiger partial charge in [0.05, 0.1) is 0 Å². The number of aldehydes is 1. The molecule has 0 aliphatic heterocycles. The number of carbonyl (C=O) groups is 1. The standard InChI is InChI=1S/C17H16O2/c18-11-15-10-17(15)14-6-8-16(9-7-14)19-12-13-4-2-1-3-5-13/h1-9,11,15,17H,10,12H2. The molecule has 2 atom stereocenters. The first-order chi connectivity index (χ1) is 9.36. The fourth-order valence-electron chi connectivity index (χ4n) is 2.30. The van der Waals surface area contributed by atoms with Crippen LogP contribution in [0.1, 0.15) is 23.5 Å². The molecule has 0 saturated heterocycles. The highest BCUT2D eigenvalue weighted by molar-refractivity contribution is 5.61. The number of rotatable bonds is 5. The van der Waals surface area contributed by atoms with Gasteiger partial charge in [-0.1, -0.05) is 42.5 Å². The van der Waals surface area contributed by atoms with Crippen LogP contribution in [-0.4, -0.2) is 6.29 Å². The summed E-state index contributed by atoms with van der Waals surface area (Å²) in [4.78, 5) is 10.7. The van der Waals surface area contributed by atoms with E-state index in [0.29, 0.717) is 12.5 Å². The lowest BCUT2D eigenvalue weighted by Gasteiger charge is -2.07. The molecule has 2 aromatic carbocycles. The Morgan fingerprint density at radius 3 is 2.42 bits per heavy atom. The Morgan fingerprint density at radius 2 is 1.79 bits per heavy atom. The fourth-order valence-corrected chi connectivity index (χ4v) is 2.30. The normalized spacial score (nSPS) is 20.8. The minimum Gasteiger partial charge on any atom is -0.489 e. The Labute approximate surface area is 113 Å². The van der Waals surface area contributed by atoms with E-state index in [9.17, 15) is 4.79 Å². The first-order valence-electron chi connectivity index (χ1n) is 6.59. The van der Waals surface area contributed by atoms with Crippen LogP contribution in [0.4, 0.5) is 0 Å². The van der Waals surface area contributed by atoms with Crippen LogP contribution in [0.2, 0.25) is 0 Å².